The van der Waals surface area contributed by atoms with Crippen LogP contribution in [0.4, 0.5) is 5.13 Å². The molecule has 1 N–H and O–H groups in total. The first kappa shape index (κ1) is 15.6. The fraction of sp³-hybridized carbons (Fsp3) is 0.733. The second kappa shape index (κ2) is 6.42. The Morgan fingerprint density at radius 1 is 1.55 bits per heavy atom. The highest BCUT2D eigenvalue weighted by atomic mass is 32.1. The Bertz CT molecular complexity index is 536. The standard InChI is InChI=1S/C15H25N5OS/c1-16-13(17-8-12-9-22-14(18-12)19(2)3)20-6-4-15(10-20)5-7-21-11-15/h9H,4-8,10-11H2,1-3H3,(H,16,17). The van der Waals surface area contributed by atoms with Crippen molar-refractivity contribution in [3.63, 3.8) is 0 Å². The number of aliphatic imine (C=N–C) groups is 1. The van der Waals surface area contributed by atoms with Crippen LogP contribution < -0.4 is 10.2 Å². The number of likely N-dealkylation sites (tertiary alicyclic amines) is 1. The minimum atomic E-state index is 0.357. The molecule has 2 saturated heterocycles. The van der Waals surface area contributed by atoms with Gasteiger partial charge >= 0.3 is 0 Å². The van der Waals surface area contributed by atoms with Crippen LogP contribution in [0, 0.1) is 5.41 Å². The van der Waals surface area contributed by atoms with E-state index in [9.17, 15) is 0 Å². The highest BCUT2D eigenvalue weighted by Crippen LogP contribution is 2.38. The molecular formula is C15H25N5OS. The molecule has 2 aliphatic heterocycles. The van der Waals surface area contributed by atoms with Crippen molar-refractivity contribution in [2.75, 3.05) is 52.3 Å². The van der Waals surface area contributed by atoms with Gasteiger partial charge in [-0.2, -0.15) is 0 Å². The Labute approximate surface area is 136 Å². The van der Waals surface area contributed by atoms with Crippen LogP contribution in [-0.2, 0) is 11.3 Å². The largest absolute Gasteiger partial charge is 0.381 e. The molecule has 2 fully saturated rings. The summed E-state index contributed by atoms with van der Waals surface area (Å²) in [4.78, 5) is 13.4. The summed E-state index contributed by atoms with van der Waals surface area (Å²) in [5.74, 6) is 0.975. The number of hydrogen-bond acceptors (Lipinski definition) is 5. The molecule has 3 heterocycles. The van der Waals surface area contributed by atoms with E-state index in [1.165, 1.54) is 12.8 Å². The molecule has 0 saturated carbocycles. The van der Waals surface area contributed by atoms with E-state index in [4.69, 9.17) is 4.74 Å². The normalized spacial score (nSPS) is 25.2. The fourth-order valence-corrected chi connectivity index (χ4v) is 3.93. The number of guanidine groups is 1. The molecule has 1 atom stereocenters. The van der Waals surface area contributed by atoms with Crippen LogP contribution in [0.25, 0.3) is 0 Å². The van der Waals surface area contributed by atoms with E-state index in [1.54, 1.807) is 11.3 Å². The van der Waals surface area contributed by atoms with E-state index in [0.29, 0.717) is 5.41 Å². The average molecular weight is 323 g/mol. The van der Waals surface area contributed by atoms with Crippen LogP contribution in [0.15, 0.2) is 10.4 Å². The lowest BCUT2D eigenvalue weighted by molar-refractivity contribution is 0.156. The van der Waals surface area contributed by atoms with Gasteiger partial charge in [0.05, 0.1) is 18.8 Å². The molecule has 1 aromatic rings. The van der Waals surface area contributed by atoms with Crippen molar-refractivity contribution in [1.82, 2.24) is 15.2 Å². The molecule has 0 radical (unpaired) electrons. The minimum absolute atomic E-state index is 0.357. The number of anilines is 1. The predicted octanol–water partition coefficient (Wildman–Crippen LogP) is 1.40. The van der Waals surface area contributed by atoms with Crippen LogP contribution in [-0.4, -0.2) is 63.3 Å². The van der Waals surface area contributed by atoms with E-state index in [1.807, 2.05) is 26.0 Å². The van der Waals surface area contributed by atoms with Gasteiger partial charge in [-0.05, 0) is 12.8 Å². The zero-order chi connectivity index (χ0) is 15.6. The van der Waals surface area contributed by atoms with Gasteiger partial charge in [-0.3, -0.25) is 4.99 Å². The van der Waals surface area contributed by atoms with E-state index in [2.05, 4.69) is 25.6 Å². The van der Waals surface area contributed by atoms with Crippen molar-refractivity contribution in [2.45, 2.75) is 19.4 Å². The summed E-state index contributed by atoms with van der Waals surface area (Å²) in [5, 5.41) is 6.59. The van der Waals surface area contributed by atoms with Crippen LogP contribution in [0.1, 0.15) is 18.5 Å². The van der Waals surface area contributed by atoms with Crippen molar-refractivity contribution in [3.8, 4) is 0 Å². The van der Waals surface area contributed by atoms with Crippen LogP contribution in [0.2, 0.25) is 0 Å². The van der Waals surface area contributed by atoms with Gasteiger partial charge in [0.25, 0.3) is 0 Å². The van der Waals surface area contributed by atoms with Crippen molar-refractivity contribution < 1.29 is 4.74 Å². The summed E-state index contributed by atoms with van der Waals surface area (Å²) < 4.78 is 5.60. The van der Waals surface area contributed by atoms with Gasteiger partial charge in [0, 0.05) is 51.6 Å². The summed E-state index contributed by atoms with van der Waals surface area (Å²) in [7, 11) is 5.88. The third-order valence-corrected chi connectivity index (χ3v) is 5.54. The quantitative estimate of drug-likeness (QED) is 0.673. The number of aromatic nitrogens is 1. The monoisotopic (exact) mass is 323 g/mol. The van der Waals surface area contributed by atoms with Crippen LogP contribution in [0.5, 0.6) is 0 Å². The maximum atomic E-state index is 5.60. The Balaban J connectivity index is 1.56. The van der Waals surface area contributed by atoms with Gasteiger partial charge in [-0.15, -0.1) is 11.3 Å². The zero-order valence-electron chi connectivity index (χ0n) is 13.6. The highest BCUT2D eigenvalue weighted by Gasteiger charge is 2.42. The molecule has 122 valence electrons. The lowest BCUT2D eigenvalue weighted by Crippen LogP contribution is -2.41. The average Bonchev–Trinajstić information content (AvgIpc) is 3.23. The molecule has 0 bridgehead atoms. The third-order valence-electron chi connectivity index (χ3n) is 4.48. The van der Waals surface area contributed by atoms with Gasteiger partial charge in [0.1, 0.15) is 0 Å². The van der Waals surface area contributed by atoms with Gasteiger partial charge in [0.2, 0.25) is 0 Å². The van der Waals surface area contributed by atoms with Crippen molar-refractivity contribution >= 4 is 22.4 Å². The Morgan fingerprint density at radius 3 is 3.05 bits per heavy atom. The van der Waals surface area contributed by atoms with Crippen molar-refractivity contribution in [3.05, 3.63) is 11.1 Å². The van der Waals surface area contributed by atoms with Crippen molar-refractivity contribution in [2.24, 2.45) is 10.4 Å². The molecule has 22 heavy (non-hydrogen) atoms. The maximum Gasteiger partial charge on any atom is 0.193 e. The zero-order valence-corrected chi connectivity index (χ0v) is 14.4. The number of ether oxygens (including phenoxy) is 1. The number of thiazole rings is 1. The predicted molar refractivity (Wildman–Crippen MR) is 90.7 cm³/mol. The van der Waals surface area contributed by atoms with Crippen molar-refractivity contribution in [1.29, 1.82) is 0 Å². The van der Waals surface area contributed by atoms with E-state index in [0.717, 1.165) is 49.6 Å². The summed E-state index contributed by atoms with van der Waals surface area (Å²) >= 11 is 1.67. The second-order valence-corrected chi connectivity index (χ2v) is 7.23. The molecule has 0 amide bonds. The van der Waals surface area contributed by atoms with Crippen LogP contribution in [0.3, 0.4) is 0 Å². The first-order valence-electron chi connectivity index (χ1n) is 7.77. The third kappa shape index (κ3) is 3.20. The molecule has 0 aromatic carbocycles. The second-order valence-electron chi connectivity index (χ2n) is 6.39. The molecule has 1 aromatic heterocycles. The van der Waals surface area contributed by atoms with Gasteiger partial charge in [0.15, 0.2) is 11.1 Å². The molecule has 6 nitrogen and oxygen atoms in total. The number of nitrogens with one attached hydrogen (secondary N) is 1. The van der Waals surface area contributed by atoms with E-state index in [-0.39, 0.29) is 0 Å². The molecule has 7 heteroatoms. The summed E-state index contributed by atoms with van der Waals surface area (Å²) in [6.45, 7) is 4.64. The van der Waals surface area contributed by atoms with E-state index >= 15 is 0 Å². The molecule has 3 rings (SSSR count). The van der Waals surface area contributed by atoms with Gasteiger partial charge in [-0.25, -0.2) is 4.98 Å². The molecule has 0 aliphatic carbocycles. The molecule has 1 unspecified atom stereocenters. The fourth-order valence-electron chi connectivity index (χ4n) is 3.17. The smallest absolute Gasteiger partial charge is 0.193 e. The first-order chi connectivity index (χ1) is 10.6. The number of rotatable bonds is 3. The van der Waals surface area contributed by atoms with Crippen LogP contribution >= 0.6 is 11.3 Å². The van der Waals surface area contributed by atoms with Gasteiger partial charge < -0.3 is 19.9 Å². The number of nitrogens with zero attached hydrogens (tertiary/aromatic N) is 4. The molecule has 2 aliphatic rings. The highest BCUT2D eigenvalue weighted by molar-refractivity contribution is 7.13. The lowest BCUT2D eigenvalue weighted by atomic mass is 9.87. The number of hydrogen-bond donors (Lipinski definition) is 1. The van der Waals surface area contributed by atoms with E-state index < -0.39 is 0 Å². The summed E-state index contributed by atoms with van der Waals surface area (Å²) in [6, 6.07) is 0. The Hall–Kier alpha value is -1.34. The molecular weight excluding hydrogens is 298 g/mol. The maximum absolute atomic E-state index is 5.60. The first-order valence-corrected chi connectivity index (χ1v) is 8.65. The van der Waals surface area contributed by atoms with Gasteiger partial charge in [-0.1, -0.05) is 0 Å². The molecule has 1 spiro atoms. The Morgan fingerprint density at radius 2 is 2.41 bits per heavy atom. The Kier molecular flexibility index (Phi) is 4.54. The minimum Gasteiger partial charge on any atom is -0.381 e. The summed E-state index contributed by atoms with van der Waals surface area (Å²) in [6.07, 6.45) is 2.38. The SMILES string of the molecule is CN=C(NCc1csc(N(C)C)n1)N1CCC2(CCOC2)C1. The topological polar surface area (TPSA) is 53.0 Å². The lowest BCUT2D eigenvalue weighted by Gasteiger charge is -2.24. The summed E-state index contributed by atoms with van der Waals surface area (Å²) in [5.41, 5.74) is 1.42.